The Hall–Kier alpha value is -0.790. The largest absolute Gasteiger partial charge is 0.370 e. The van der Waals surface area contributed by atoms with Crippen LogP contribution in [0.2, 0.25) is 0 Å². The molecule has 0 saturated carbocycles. The van der Waals surface area contributed by atoms with Gasteiger partial charge in [0.15, 0.2) is 5.96 Å². The maximum Gasteiger partial charge on any atom is 0.217 e. The summed E-state index contributed by atoms with van der Waals surface area (Å²) in [5, 5.41) is 3.46. The summed E-state index contributed by atoms with van der Waals surface area (Å²) in [4.78, 5) is 17.7. The van der Waals surface area contributed by atoms with Crippen LogP contribution >= 0.6 is 24.0 Å². The van der Waals surface area contributed by atoms with Crippen molar-refractivity contribution in [1.82, 2.24) is 10.2 Å². The van der Waals surface area contributed by atoms with E-state index < -0.39 is 0 Å². The molecule has 0 spiro atoms. The monoisotopic (exact) mass is 420 g/mol. The average molecular weight is 420 g/mol. The zero-order valence-corrected chi connectivity index (χ0v) is 15.8. The SMILES string of the molecule is CN=C(NCCC1=CCCC1)N1CCCC(CC(N)=O)C1.I. The lowest BCUT2D eigenvalue weighted by molar-refractivity contribution is -0.119. The van der Waals surface area contributed by atoms with Crippen LogP contribution in [0.1, 0.15) is 44.9 Å². The molecule has 0 aromatic heterocycles. The van der Waals surface area contributed by atoms with Crippen molar-refractivity contribution < 1.29 is 4.79 Å². The number of allylic oxidation sites excluding steroid dienone is 1. The van der Waals surface area contributed by atoms with Crippen molar-refractivity contribution in [3.05, 3.63) is 11.6 Å². The number of halogens is 1. The predicted molar refractivity (Wildman–Crippen MR) is 101 cm³/mol. The molecule has 0 aromatic carbocycles. The number of guanidine groups is 1. The third kappa shape index (κ3) is 6.14. The first-order chi connectivity index (χ1) is 10.2. The topological polar surface area (TPSA) is 70.7 Å². The highest BCUT2D eigenvalue weighted by Crippen LogP contribution is 2.21. The second-order valence-corrected chi connectivity index (χ2v) is 6.10. The molecule has 3 N–H and O–H groups in total. The first-order valence-electron chi connectivity index (χ1n) is 8.11. The molecular formula is C16H29IN4O. The number of primary amides is 1. The number of carbonyl (C=O) groups excluding carboxylic acids is 1. The van der Waals surface area contributed by atoms with E-state index in [0.29, 0.717) is 12.3 Å². The molecular weight excluding hydrogens is 391 g/mol. The molecule has 6 heteroatoms. The van der Waals surface area contributed by atoms with Crippen molar-refractivity contribution in [2.24, 2.45) is 16.6 Å². The maximum absolute atomic E-state index is 11.1. The second kappa shape index (κ2) is 10.1. The van der Waals surface area contributed by atoms with E-state index in [4.69, 9.17) is 5.73 Å². The molecule has 22 heavy (non-hydrogen) atoms. The van der Waals surface area contributed by atoms with Gasteiger partial charge < -0.3 is 16.0 Å². The zero-order chi connectivity index (χ0) is 15.1. The minimum Gasteiger partial charge on any atom is -0.370 e. The number of piperidine rings is 1. The standard InChI is InChI=1S/C16H28N4O.HI/c1-18-16(19-9-8-13-5-2-3-6-13)20-10-4-7-14(12-20)11-15(17)21;/h5,14H,2-4,6-12H2,1H3,(H2,17,21)(H,18,19);1H. The third-order valence-electron chi connectivity index (χ3n) is 4.38. The molecule has 1 saturated heterocycles. The van der Waals surface area contributed by atoms with Gasteiger partial charge in [0.25, 0.3) is 0 Å². The van der Waals surface area contributed by atoms with Crippen LogP contribution in [-0.2, 0) is 4.79 Å². The van der Waals surface area contributed by atoms with Crippen LogP contribution in [0.5, 0.6) is 0 Å². The molecule has 1 aliphatic carbocycles. The lowest BCUT2D eigenvalue weighted by Crippen LogP contribution is -2.47. The number of hydrogen-bond donors (Lipinski definition) is 2. The number of rotatable bonds is 5. The van der Waals surface area contributed by atoms with Gasteiger partial charge in [0.2, 0.25) is 5.91 Å². The van der Waals surface area contributed by atoms with E-state index in [2.05, 4.69) is 21.3 Å². The summed E-state index contributed by atoms with van der Waals surface area (Å²) in [6, 6.07) is 0. The van der Waals surface area contributed by atoms with E-state index in [1.807, 2.05) is 7.05 Å². The summed E-state index contributed by atoms with van der Waals surface area (Å²) in [5.74, 6) is 1.13. The van der Waals surface area contributed by atoms with E-state index in [1.165, 1.54) is 19.3 Å². The molecule has 1 amide bonds. The summed E-state index contributed by atoms with van der Waals surface area (Å²) >= 11 is 0. The normalized spacial score (nSPS) is 22.0. The van der Waals surface area contributed by atoms with Crippen molar-refractivity contribution in [2.45, 2.75) is 44.9 Å². The molecule has 1 aliphatic heterocycles. The molecule has 1 atom stereocenters. The number of carbonyl (C=O) groups is 1. The zero-order valence-electron chi connectivity index (χ0n) is 13.5. The summed E-state index contributed by atoms with van der Waals surface area (Å²) in [6.45, 7) is 2.83. The molecule has 0 aromatic rings. The van der Waals surface area contributed by atoms with Crippen LogP contribution in [0.3, 0.4) is 0 Å². The van der Waals surface area contributed by atoms with Crippen molar-refractivity contribution in [3.8, 4) is 0 Å². The maximum atomic E-state index is 11.1. The van der Waals surface area contributed by atoms with Crippen LogP contribution < -0.4 is 11.1 Å². The fourth-order valence-electron chi connectivity index (χ4n) is 3.34. The summed E-state index contributed by atoms with van der Waals surface area (Å²) in [7, 11) is 1.83. The van der Waals surface area contributed by atoms with Gasteiger partial charge in [0, 0.05) is 33.1 Å². The third-order valence-corrected chi connectivity index (χ3v) is 4.38. The summed E-state index contributed by atoms with van der Waals surface area (Å²) in [5.41, 5.74) is 6.89. The van der Waals surface area contributed by atoms with Crippen molar-refractivity contribution in [3.63, 3.8) is 0 Å². The summed E-state index contributed by atoms with van der Waals surface area (Å²) in [6.07, 6.45) is 9.96. The lowest BCUT2D eigenvalue weighted by Gasteiger charge is -2.34. The van der Waals surface area contributed by atoms with E-state index in [9.17, 15) is 4.79 Å². The Morgan fingerprint density at radius 3 is 2.95 bits per heavy atom. The number of hydrogen-bond acceptors (Lipinski definition) is 2. The first kappa shape index (κ1) is 19.3. The van der Waals surface area contributed by atoms with E-state index in [0.717, 1.165) is 44.9 Å². The minimum absolute atomic E-state index is 0. The molecule has 0 radical (unpaired) electrons. The average Bonchev–Trinajstić information content (AvgIpc) is 2.96. The number of likely N-dealkylation sites (tertiary alicyclic amines) is 1. The van der Waals surface area contributed by atoms with Gasteiger partial charge in [0.1, 0.15) is 0 Å². The number of aliphatic imine (C=N–C) groups is 1. The molecule has 1 unspecified atom stereocenters. The molecule has 126 valence electrons. The van der Waals surface area contributed by atoms with Gasteiger partial charge in [-0.15, -0.1) is 24.0 Å². The predicted octanol–water partition coefficient (Wildman–Crippen LogP) is 2.27. The Bertz CT molecular complexity index is 422. The number of nitrogens with one attached hydrogen (secondary N) is 1. The van der Waals surface area contributed by atoms with E-state index in [1.54, 1.807) is 5.57 Å². The van der Waals surface area contributed by atoms with Crippen molar-refractivity contribution >= 4 is 35.8 Å². The van der Waals surface area contributed by atoms with Gasteiger partial charge in [-0.05, 0) is 44.4 Å². The molecule has 1 fully saturated rings. The van der Waals surface area contributed by atoms with Gasteiger partial charge in [-0.2, -0.15) is 0 Å². The fourth-order valence-corrected chi connectivity index (χ4v) is 3.34. The Balaban J connectivity index is 0.00000242. The first-order valence-corrected chi connectivity index (χ1v) is 8.11. The van der Waals surface area contributed by atoms with Gasteiger partial charge >= 0.3 is 0 Å². The van der Waals surface area contributed by atoms with Crippen molar-refractivity contribution in [2.75, 3.05) is 26.7 Å². The quantitative estimate of drug-likeness (QED) is 0.310. The van der Waals surface area contributed by atoms with Gasteiger partial charge in [-0.1, -0.05) is 11.6 Å². The van der Waals surface area contributed by atoms with Crippen LogP contribution in [0.15, 0.2) is 16.6 Å². The van der Waals surface area contributed by atoms with Crippen molar-refractivity contribution in [1.29, 1.82) is 0 Å². The van der Waals surface area contributed by atoms with Crippen LogP contribution in [0.4, 0.5) is 0 Å². The summed E-state index contributed by atoms with van der Waals surface area (Å²) < 4.78 is 0. The minimum atomic E-state index is -0.196. The molecule has 1 heterocycles. The Morgan fingerprint density at radius 1 is 1.50 bits per heavy atom. The highest BCUT2D eigenvalue weighted by molar-refractivity contribution is 14.0. The molecule has 2 rings (SSSR count). The Labute approximate surface area is 150 Å². The number of amides is 1. The number of nitrogens with zero attached hydrogens (tertiary/aromatic N) is 2. The van der Waals surface area contributed by atoms with Crippen LogP contribution in [0, 0.1) is 5.92 Å². The van der Waals surface area contributed by atoms with Gasteiger partial charge in [0.05, 0.1) is 0 Å². The highest BCUT2D eigenvalue weighted by Gasteiger charge is 2.23. The number of nitrogens with two attached hydrogens (primary N) is 1. The van der Waals surface area contributed by atoms with E-state index in [-0.39, 0.29) is 29.9 Å². The van der Waals surface area contributed by atoms with Crippen LogP contribution in [0.25, 0.3) is 0 Å². The highest BCUT2D eigenvalue weighted by atomic mass is 127. The Kier molecular flexibility index (Phi) is 8.82. The fraction of sp³-hybridized carbons (Fsp3) is 0.750. The molecule has 5 nitrogen and oxygen atoms in total. The van der Waals surface area contributed by atoms with Gasteiger partial charge in [-0.3, -0.25) is 9.79 Å². The Morgan fingerprint density at radius 2 is 2.32 bits per heavy atom. The van der Waals surface area contributed by atoms with E-state index >= 15 is 0 Å². The molecule has 0 bridgehead atoms. The van der Waals surface area contributed by atoms with Gasteiger partial charge in [-0.25, -0.2) is 0 Å². The second-order valence-electron chi connectivity index (χ2n) is 6.10. The molecule has 2 aliphatic rings. The smallest absolute Gasteiger partial charge is 0.217 e. The lowest BCUT2D eigenvalue weighted by atomic mass is 9.95. The van der Waals surface area contributed by atoms with Crippen LogP contribution in [-0.4, -0.2) is 43.4 Å².